The molecule has 0 radical (unpaired) electrons. The van der Waals surface area contributed by atoms with Crippen molar-refractivity contribution >= 4 is 0 Å². The summed E-state index contributed by atoms with van der Waals surface area (Å²) in [6.45, 7) is 11.9. The molecule has 0 N–H and O–H groups in total. The van der Waals surface area contributed by atoms with Gasteiger partial charge >= 0.3 is 0 Å². The summed E-state index contributed by atoms with van der Waals surface area (Å²) in [5.74, 6) is 0. The summed E-state index contributed by atoms with van der Waals surface area (Å²) < 4.78 is 11.1. The van der Waals surface area contributed by atoms with Crippen LogP contribution in [0.25, 0.3) is 0 Å². The average Bonchev–Trinajstić information content (AvgIpc) is 2.00. The minimum absolute atomic E-state index is 0.0532. The van der Waals surface area contributed by atoms with E-state index in [-0.39, 0.29) is 11.7 Å². The number of unbranched alkanes of at least 4 members (excludes halogenated alkanes) is 1. The summed E-state index contributed by atoms with van der Waals surface area (Å²) in [5.41, 5.74) is -0.0532. The molecule has 0 rings (SSSR count). The van der Waals surface area contributed by atoms with Crippen molar-refractivity contribution < 1.29 is 9.47 Å². The van der Waals surface area contributed by atoms with E-state index in [9.17, 15) is 0 Å². The zero-order chi connectivity index (χ0) is 10.3. The lowest BCUT2D eigenvalue weighted by Gasteiger charge is -2.22. The van der Waals surface area contributed by atoms with Crippen LogP contribution in [0.3, 0.4) is 0 Å². The summed E-state index contributed by atoms with van der Waals surface area (Å²) in [6, 6.07) is 0. The molecule has 0 aromatic carbocycles. The molecule has 0 bridgehead atoms. The normalized spacial score (nSPS) is 14.5. The number of rotatable bonds is 6. The van der Waals surface area contributed by atoms with Gasteiger partial charge in [0.25, 0.3) is 0 Å². The molecule has 0 aromatic rings. The molecule has 0 aliphatic heterocycles. The van der Waals surface area contributed by atoms with E-state index < -0.39 is 0 Å². The molecule has 0 fully saturated rings. The monoisotopic (exact) mass is 188 g/mol. The first-order chi connectivity index (χ1) is 5.95. The van der Waals surface area contributed by atoms with Crippen LogP contribution in [-0.4, -0.2) is 24.9 Å². The van der Waals surface area contributed by atoms with Gasteiger partial charge in [-0.1, -0.05) is 13.3 Å². The highest BCUT2D eigenvalue weighted by Crippen LogP contribution is 2.08. The molecule has 2 nitrogen and oxygen atoms in total. The van der Waals surface area contributed by atoms with E-state index in [0.29, 0.717) is 6.61 Å². The molecule has 0 amide bonds. The van der Waals surface area contributed by atoms with E-state index in [1.165, 1.54) is 6.42 Å². The molecule has 1 atom stereocenters. The molecule has 13 heavy (non-hydrogen) atoms. The van der Waals surface area contributed by atoms with Gasteiger partial charge in [0.05, 0.1) is 18.3 Å². The molecule has 80 valence electrons. The van der Waals surface area contributed by atoms with E-state index in [1.54, 1.807) is 0 Å². The molecule has 0 heterocycles. The molecule has 0 spiro atoms. The van der Waals surface area contributed by atoms with Crippen molar-refractivity contribution in [2.24, 2.45) is 0 Å². The number of hydrogen-bond donors (Lipinski definition) is 0. The maximum Gasteiger partial charge on any atom is 0.0780 e. The van der Waals surface area contributed by atoms with Crippen LogP contribution in [0.15, 0.2) is 0 Å². The van der Waals surface area contributed by atoms with Crippen molar-refractivity contribution in [3.63, 3.8) is 0 Å². The average molecular weight is 188 g/mol. The predicted molar refractivity (Wildman–Crippen MR) is 56.0 cm³/mol. The summed E-state index contributed by atoms with van der Waals surface area (Å²) in [5, 5.41) is 0. The van der Waals surface area contributed by atoms with Crippen LogP contribution >= 0.6 is 0 Å². The Labute approximate surface area is 82.6 Å². The second-order valence-corrected chi connectivity index (χ2v) is 4.46. The molecule has 0 aliphatic carbocycles. The Hall–Kier alpha value is -0.0800. The smallest absolute Gasteiger partial charge is 0.0780 e. The van der Waals surface area contributed by atoms with Crippen LogP contribution < -0.4 is 0 Å². The van der Waals surface area contributed by atoms with Gasteiger partial charge in [-0.3, -0.25) is 0 Å². The fourth-order valence-corrected chi connectivity index (χ4v) is 0.844. The van der Waals surface area contributed by atoms with Gasteiger partial charge in [-0.2, -0.15) is 0 Å². The van der Waals surface area contributed by atoms with Crippen LogP contribution in [0.2, 0.25) is 0 Å². The fraction of sp³-hybridized carbons (Fsp3) is 1.00. The van der Waals surface area contributed by atoms with Crippen molar-refractivity contribution in [3.8, 4) is 0 Å². The van der Waals surface area contributed by atoms with Gasteiger partial charge in [0.1, 0.15) is 0 Å². The maximum absolute atomic E-state index is 5.60. The summed E-state index contributed by atoms with van der Waals surface area (Å²) in [6.07, 6.45) is 2.54. The number of hydrogen-bond acceptors (Lipinski definition) is 2. The second-order valence-electron chi connectivity index (χ2n) is 4.46. The first kappa shape index (κ1) is 12.9. The quantitative estimate of drug-likeness (QED) is 0.597. The first-order valence-electron chi connectivity index (χ1n) is 5.21. The van der Waals surface area contributed by atoms with Crippen LogP contribution in [0, 0.1) is 0 Å². The third-order valence-electron chi connectivity index (χ3n) is 1.65. The van der Waals surface area contributed by atoms with Crippen LogP contribution in [-0.2, 0) is 9.47 Å². The SMILES string of the molecule is CCCCO[C@@H](C)COC(C)(C)C. The van der Waals surface area contributed by atoms with Gasteiger partial charge in [0, 0.05) is 6.61 Å². The van der Waals surface area contributed by atoms with Gasteiger partial charge in [-0.05, 0) is 34.1 Å². The zero-order valence-electron chi connectivity index (χ0n) is 9.72. The lowest BCUT2D eigenvalue weighted by Crippen LogP contribution is -2.26. The zero-order valence-corrected chi connectivity index (χ0v) is 9.72. The van der Waals surface area contributed by atoms with Gasteiger partial charge in [-0.25, -0.2) is 0 Å². The van der Waals surface area contributed by atoms with Crippen molar-refractivity contribution in [2.75, 3.05) is 13.2 Å². The summed E-state index contributed by atoms with van der Waals surface area (Å²) in [7, 11) is 0. The van der Waals surface area contributed by atoms with Gasteiger partial charge in [0.15, 0.2) is 0 Å². The van der Waals surface area contributed by atoms with Crippen LogP contribution in [0.1, 0.15) is 47.5 Å². The molecule has 2 heteroatoms. The van der Waals surface area contributed by atoms with Crippen molar-refractivity contribution in [1.29, 1.82) is 0 Å². The molecule has 0 aromatic heterocycles. The highest BCUT2D eigenvalue weighted by molar-refractivity contribution is 4.60. The lowest BCUT2D eigenvalue weighted by molar-refractivity contribution is -0.0667. The fourth-order valence-electron chi connectivity index (χ4n) is 0.844. The van der Waals surface area contributed by atoms with E-state index in [4.69, 9.17) is 9.47 Å². The minimum atomic E-state index is -0.0532. The molecular formula is C11H24O2. The Balaban J connectivity index is 3.35. The van der Waals surface area contributed by atoms with Gasteiger partial charge < -0.3 is 9.47 Å². The topological polar surface area (TPSA) is 18.5 Å². The Morgan fingerprint density at radius 1 is 1.23 bits per heavy atom. The predicted octanol–water partition coefficient (Wildman–Crippen LogP) is 3.01. The molecule has 0 saturated heterocycles. The minimum Gasteiger partial charge on any atom is -0.376 e. The van der Waals surface area contributed by atoms with Crippen molar-refractivity contribution in [3.05, 3.63) is 0 Å². The van der Waals surface area contributed by atoms with Crippen LogP contribution in [0.4, 0.5) is 0 Å². The molecule has 0 saturated carbocycles. The van der Waals surface area contributed by atoms with Crippen LogP contribution in [0.5, 0.6) is 0 Å². The van der Waals surface area contributed by atoms with Gasteiger partial charge in [0.2, 0.25) is 0 Å². The Morgan fingerprint density at radius 3 is 2.31 bits per heavy atom. The largest absolute Gasteiger partial charge is 0.376 e. The lowest BCUT2D eigenvalue weighted by atomic mass is 10.2. The van der Waals surface area contributed by atoms with Crippen molar-refractivity contribution in [2.45, 2.75) is 59.2 Å². The third kappa shape index (κ3) is 9.84. The van der Waals surface area contributed by atoms with Crippen molar-refractivity contribution in [1.82, 2.24) is 0 Å². The van der Waals surface area contributed by atoms with E-state index >= 15 is 0 Å². The summed E-state index contributed by atoms with van der Waals surface area (Å²) >= 11 is 0. The first-order valence-corrected chi connectivity index (χ1v) is 5.21. The molecule has 0 unspecified atom stereocenters. The standard InChI is InChI=1S/C11H24O2/c1-6-7-8-12-10(2)9-13-11(3,4)5/h10H,6-9H2,1-5H3/t10-/m0/s1. The highest BCUT2D eigenvalue weighted by Gasteiger charge is 2.12. The molecular weight excluding hydrogens is 164 g/mol. The second kappa shape index (κ2) is 6.39. The van der Waals surface area contributed by atoms with E-state index in [2.05, 4.69) is 34.6 Å². The Bertz CT molecular complexity index is 116. The Kier molecular flexibility index (Phi) is 6.35. The van der Waals surface area contributed by atoms with E-state index in [1.807, 2.05) is 0 Å². The number of ether oxygens (including phenoxy) is 2. The van der Waals surface area contributed by atoms with E-state index in [0.717, 1.165) is 13.0 Å². The molecule has 0 aliphatic rings. The third-order valence-corrected chi connectivity index (χ3v) is 1.65. The van der Waals surface area contributed by atoms with Gasteiger partial charge in [-0.15, -0.1) is 0 Å². The maximum atomic E-state index is 5.60. The Morgan fingerprint density at radius 2 is 1.85 bits per heavy atom. The highest BCUT2D eigenvalue weighted by atomic mass is 16.5. The summed E-state index contributed by atoms with van der Waals surface area (Å²) in [4.78, 5) is 0.